The van der Waals surface area contributed by atoms with Gasteiger partial charge in [0.15, 0.2) is 6.79 Å². The lowest BCUT2D eigenvalue weighted by molar-refractivity contribution is -0.172. The zero-order valence-corrected chi connectivity index (χ0v) is 5.49. The molecule has 0 heterocycles. The van der Waals surface area contributed by atoms with Crippen LogP contribution in [0, 0.1) is 0 Å². The minimum Gasteiger partial charge on any atom is -0.458 e. The summed E-state index contributed by atoms with van der Waals surface area (Å²) in [6.07, 6.45) is 0. The summed E-state index contributed by atoms with van der Waals surface area (Å²) < 4.78 is 8.13. The molecule has 0 unspecified atom stereocenters. The maximum Gasteiger partial charge on any atom is 0.419 e. The fourth-order valence-corrected chi connectivity index (χ4v) is 0.308. The second kappa shape index (κ2) is 4.75. The van der Waals surface area contributed by atoms with Crippen molar-refractivity contribution >= 4 is 11.9 Å². The Hall–Kier alpha value is -1.10. The number of hydrogen-bond donors (Lipinski definition) is 1. The molecular formula is C5H8O5. The SMILES string of the molecule is CCOC(=O)C(=O)OCO. The van der Waals surface area contributed by atoms with Crippen molar-refractivity contribution in [1.82, 2.24) is 0 Å². The molecule has 0 spiro atoms. The Kier molecular flexibility index (Phi) is 4.23. The van der Waals surface area contributed by atoms with Crippen molar-refractivity contribution in [3.05, 3.63) is 0 Å². The van der Waals surface area contributed by atoms with Gasteiger partial charge in [-0.2, -0.15) is 0 Å². The average molecular weight is 148 g/mol. The molecule has 0 atom stereocenters. The average Bonchev–Trinajstić information content (AvgIpc) is 1.89. The van der Waals surface area contributed by atoms with Gasteiger partial charge >= 0.3 is 11.9 Å². The molecule has 0 aliphatic carbocycles. The van der Waals surface area contributed by atoms with Crippen molar-refractivity contribution in [1.29, 1.82) is 0 Å². The predicted octanol–water partition coefficient (Wildman–Crippen LogP) is -0.958. The van der Waals surface area contributed by atoms with Crippen molar-refractivity contribution < 1.29 is 24.2 Å². The van der Waals surface area contributed by atoms with E-state index in [0.717, 1.165) is 0 Å². The summed E-state index contributed by atoms with van der Waals surface area (Å²) in [6, 6.07) is 0. The normalized spacial score (nSPS) is 8.60. The lowest BCUT2D eigenvalue weighted by Crippen LogP contribution is -2.20. The maximum absolute atomic E-state index is 10.3. The molecule has 5 nitrogen and oxygen atoms in total. The van der Waals surface area contributed by atoms with Crippen LogP contribution in [0.15, 0.2) is 0 Å². The number of ether oxygens (including phenoxy) is 2. The Morgan fingerprint density at radius 3 is 2.20 bits per heavy atom. The van der Waals surface area contributed by atoms with Crippen LogP contribution in [-0.4, -0.2) is 30.4 Å². The predicted molar refractivity (Wildman–Crippen MR) is 29.8 cm³/mol. The van der Waals surface area contributed by atoms with E-state index in [9.17, 15) is 9.59 Å². The minimum absolute atomic E-state index is 0.110. The highest BCUT2D eigenvalue weighted by molar-refractivity contribution is 6.29. The number of aliphatic hydroxyl groups excluding tert-OH is 1. The molecule has 0 bridgehead atoms. The minimum atomic E-state index is -1.18. The number of rotatable bonds is 2. The number of hydrogen-bond acceptors (Lipinski definition) is 5. The first-order chi connectivity index (χ1) is 4.72. The monoisotopic (exact) mass is 148 g/mol. The van der Waals surface area contributed by atoms with Crippen LogP contribution in [0.4, 0.5) is 0 Å². The molecule has 1 N–H and O–H groups in total. The third-order valence-electron chi connectivity index (χ3n) is 0.638. The molecule has 0 amide bonds. The van der Waals surface area contributed by atoms with E-state index in [4.69, 9.17) is 5.11 Å². The van der Waals surface area contributed by atoms with Crippen LogP contribution in [0.25, 0.3) is 0 Å². The maximum atomic E-state index is 10.3. The first kappa shape index (κ1) is 8.90. The van der Waals surface area contributed by atoms with Gasteiger partial charge in [0, 0.05) is 0 Å². The lowest BCUT2D eigenvalue weighted by atomic mass is 10.7. The van der Waals surface area contributed by atoms with Gasteiger partial charge in [-0.25, -0.2) is 9.59 Å². The third-order valence-corrected chi connectivity index (χ3v) is 0.638. The van der Waals surface area contributed by atoms with Crippen LogP contribution >= 0.6 is 0 Å². The highest BCUT2D eigenvalue weighted by Gasteiger charge is 2.15. The van der Waals surface area contributed by atoms with Gasteiger partial charge in [-0.3, -0.25) is 0 Å². The summed E-state index contributed by atoms with van der Waals surface area (Å²) in [7, 11) is 0. The summed E-state index contributed by atoms with van der Waals surface area (Å²) in [5.41, 5.74) is 0. The van der Waals surface area contributed by atoms with Crippen molar-refractivity contribution in [2.24, 2.45) is 0 Å². The molecule has 58 valence electrons. The van der Waals surface area contributed by atoms with E-state index in [1.807, 2.05) is 0 Å². The van der Waals surface area contributed by atoms with Crippen LogP contribution in [0.1, 0.15) is 6.92 Å². The molecule has 0 rings (SSSR count). The summed E-state index contributed by atoms with van der Waals surface area (Å²) in [5.74, 6) is -2.26. The highest BCUT2D eigenvalue weighted by atomic mass is 16.6. The van der Waals surface area contributed by atoms with E-state index in [1.165, 1.54) is 0 Å². The van der Waals surface area contributed by atoms with Crippen molar-refractivity contribution in [3.63, 3.8) is 0 Å². The van der Waals surface area contributed by atoms with Gasteiger partial charge in [-0.1, -0.05) is 0 Å². The van der Waals surface area contributed by atoms with E-state index >= 15 is 0 Å². The van der Waals surface area contributed by atoms with Gasteiger partial charge in [0.1, 0.15) is 0 Å². The summed E-state index contributed by atoms with van der Waals surface area (Å²) in [6.45, 7) is 0.862. The molecule has 0 aromatic heterocycles. The second-order valence-corrected chi connectivity index (χ2v) is 1.28. The standard InChI is InChI=1S/C5H8O5/c1-2-9-4(7)5(8)10-3-6/h6H,2-3H2,1H3. The van der Waals surface area contributed by atoms with Crippen LogP contribution in [0.3, 0.4) is 0 Å². The zero-order chi connectivity index (χ0) is 7.98. The number of esters is 2. The van der Waals surface area contributed by atoms with Gasteiger partial charge in [0.2, 0.25) is 0 Å². The molecule has 0 aliphatic heterocycles. The van der Waals surface area contributed by atoms with Gasteiger partial charge < -0.3 is 14.6 Å². The Bertz CT molecular complexity index is 114. The Balaban J connectivity index is 3.60. The largest absolute Gasteiger partial charge is 0.458 e. The number of aliphatic hydroxyl groups is 1. The third kappa shape index (κ3) is 3.03. The summed E-state index contributed by atoms with van der Waals surface area (Å²) >= 11 is 0. The first-order valence-corrected chi connectivity index (χ1v) is 2.67. The van der Waals surface area contributed by atoms with E-state index in [1.54, 1.807) is 6.92 Å². The van der Waals surface area contributed by atoms with Crippen molar-refractivity contribution in [3.8, 4) is 0 Å². The van der Waals surface area contributed by atoms with Crippen molar-refractivity contribution in [2.45, 2.75) is 6.92 Å². The van der Waals surface area contributed by atoms with Crippen LogP contribution in [0.5, 0.6) is 0 Å². The van der Waals surface area contributed by atoms with Gasteiger partial charge in [0.05, 0.1) is 6.61 Å². The van der Waals surface area contributed by atoms with Gasteiger partial charge in [0.25, 0.3) is 0 Å². The molecule has 0 saturated carbocycles. The van der Waals surface area contributed by atoms with E-state index in [0.29, 0.717) is 0 Å². The van der Waals surface area contributed by atoms with E-state index in [2.05, 4.69) is 9.47 Å². The Morgan fingerprint density at radius 1 is 1.30 bits per heavy atom. The molecule has 0 aromatic rings. The Morgan fingerprint density at radius 2 is 1.80 bits per heavy atom. The van der Waals surface area contributed by atoms with Crippen LogP contribution in [0.2, 0.25) is 0 Å². The Labute approximate surface area is 57.5 Å². The molecule has 0 fully saturated rings. The number of carbonyl (C=O) groups is 2. The molecule has 0 aromatic carbocycles. The fourth-order valence-electron chi connectivity index (χ4n) is 0.308. The van der Waals surface area contributed by atoms with Crippen molar-refractivity contribution in [2.75, 3.05) is 13.4 Å². The first-order valence-electron chi connectivity index (χ1n) is 2.67. The lowest BCUT2D eigenvalue weighted by Gasteiger charge is -1.98. The molecular weight excluding hydrogens is 140 g/mol. The molecule has 0 aliphatic rings. The van der Waals surface area contributed by atoms with Crippen LogP contribution < -0.4 is 0 Å². The van der Waals surface area contributed by atoms with Gasteiger partial charge in [-0.15, -0.1) is 0 Å². The smallest absolute Gasteiger partial charge is 0.419 e. The molecule has 0 radical (unpaired) electrons. The molecule has 0 saturated heterocycles. The van der Waals surface area contributed by atoms with E-state index in [-0.39, 0.29) is 6.61 Å². The van der Waals surface area contributed by atoms with E-state index < -0.39 is 18.7 Å². The van der Waals surface area contributed by atoms with Gasteiger partial charge in [-0.05, 0) is 6.92 Å². The summed E-state index contributed by atoms with van der Waals surface area (Å²) in [4.78, 5) is 20.6. The topological polar surface area (TPSA) is 72.8 Å². The highest BCUT2D eigenvalue weighted by Crippen LogP contribution is 1.82. The second-order valence-electron chi connectivity index (χ2n) is 1.28. The summed E-state index contributed by atoms with van der Waals surface area (Å²) in [5, 5.41) is 8.00. The molecule has 5 heteroatoms. The quantitative estimate of drug-likeness (QED) is 0.310. The zero-order valence-electron chi connectivity index (χ0n) is 5.49. The molecule has 10 heavy (non-hydrogen) atoms. The fraction of sp³-hybridized carbons (Fsp3) is 0.600. The number of carbonyl (C=O) groups excluding carboxylic acids is 2. The van der Waals surface area contributed by atoms with Crippen LogP contribution in [-0.2, 0) is 19.1 Å².